The van der Waals surface area contributed by atoms with Gasteiger partial charge in [0.2, 0.25) is 0 Å². The van der Waals surface area contributed by atoms with Gasteiger partial charge in [-0.2, -0.15) is 0 Å². The zero-order valence-corrected chi connectivity index (χ0v) is 8.06. The topological polar surface area (TPSA) is 83.8 Å². The fourth-order valence-electron chi connectivity index (χ4n) is 1.02. The molecular formula is C10H10O5. The minimum absolute atomic E-state index is 0.136. The summed E-state index contributed by atoms with van der Waals surface area (Å²) in [6.45, 7) is 0.830. The third-order valence-corrected chi connectivity index (χ3v) is 1.66. The molecule has 0 aliphatic heterocycles. The zero-order valence-electron chi connectivity index (χ0n) is 8.06. The number of aliphatic carboxylic acids is 1. The van der Waals surface area contributed by atoms with Gasteiger partial charge in [0.1, 0.15) is 11.5 Å². The van der Waals surface area contributed by atoms with Gasteiger partial charge in [0.25, 0.3) is 0 Å². The van der Waals surface area contributed by atoms with E-state index in [2.05, 4.69) is 0 Å². The molecule has 15 heavy (non-hydrogen) atoms. The molecule has 0 aliphatic rings. The monoisotopic (exact) mass is 210 g/mol. The van der Waals surface area contributed by atoms with Crippen LogP contribution in [0.15, 0.2) is 18.2 Å². The highest BCUT2D eigenvalue weighted by molar-refractivity contribution is 5.94. The van der Waals surface area contributed by atoms with Crippen LogP contribution >= 0.6 is 0 Å². The fourth-order valence-corrected chi connectivity index (χ4v) is 1.02. The van der Waals surface area contributed by atoms with Crippen LogP contribution in [-0.2, 0) is 4.79 Å². The van der Waals surface area contributed by atoms with Gasteiger partial charge in [0, 0.05) is 11.6 Å². The van der Waals surface area contributed by atoms with Crippen LogP contribution in [0.5, 0.6) is 11.5 Å². The molecule has 2 N–H and O–H groups in total. The van der Waals surface area contributed by atoms with Gasteiger partial charge in [-0.05, 0) is 19.1 Å². The number of ether oxygens (including phenoxy) is 1. The van der Waals surface area contributed by atoms with Gasteiger partial charge in [-0.15, -0.1) is 0 Å². The first-order valence-corrected chi connectivity index (χ1v) is 4.18. The average molecular weight is 210 g/mol. The molecule has 0 atom stereocenters. The molecule has 0 aliphatic carbocycles. The van der Waals surface area contributed by atoms with Crippen molar-refractivity contribution in [3.05, 3.63) is 23.8 Å². The van der Waals surface area contributed by atoms with Crippen molar-refractivity contribution in [2.75, 3.05) is 6.61 Å². The molecule has 0 saturated heterocycles. The molecule has 5 heteroatoms. The van der Waals surface area contributed by atoms with Crippen molar-refractivity contribution in [2.24, 2.45) is 0 Å². The van der Waals surface area contributed by atoms with Gasteiger partial charge >= 0.3 is 5.97 Å². The average Bonchev–Trinajstić information content (AvgIpc) is 2.13. The lowest BCUT2D eigenvalue weighted by molar-refractivity contribution is -0.139. The highest BCUT2D eigenvalue weighted by atomic mass is 16.5. The first-order chi connectivity index (χ1) is 6.99. The van der Waals surface area contributed by atoms with E-state index in [-0.39, 0.29) is 22.8 Å². The first kappa shape index (κ1) is 11.0. The maximum Gasteiger partial charge on any atom is 0.341 e. The first-order valence-electron chi connectivity index (χ1n) is 4.18. The predicted molar refractivity (Wildman–Crippen MR) is 51.2 cm³/mol. The van der Waals surface area contributed by atoms with E-state index in [0.717, 1.165) is 0 Å². The van der Waals surface area contributed by atoms with Gasteiger partial charge in [-0.3, -0.25) is 4.79 Å². The summed E-state index contributed by atoms with van der Waals surface area (Å²) in [7, 11) is 0. The molecule has 1 rings (SSSR count). The molecule has 0 saturated carbocycles. The Morgan fingerprint density at radius 3 is 2.53 bits per heavy atom. The molecular weight excluding hydrogens is 200 g/mol. The van der Waals surface area contributed by atoms with E-state index in [9.17, 15) is 14.7 Å². The summed E-state index contributed by atoms with van der Waals surface area (Å²) in [5, 5.41) is 17.6. The van der Waals surface area contributed by atoms with Crippen LogP contribution in [0.2, 0.25) is 0 Å². The summed E-state index contributed by atoms with van der Waals surface area (Å²) in [5.41, 5.74) is 0.274. The maximum atomic E-state index is 11.0. The van der Waals surface area contributed by atoms with Crippen LogP contribution in [-0.4, -0.2) is 28.6 Å². The maximum absolute atomic E-state index is 11.0. The van der Waals surface area contributed by atoms with E-state index in [1.165, 1.54) is 25.1 Å². The number of hydrogen-bond donors (Lipinski definition) is 2. The lowest BCUT2D eigenvalue weighted by atomic mass is 10.1. The minimum atomic E-state index is -1.12. The number of hydrogen-bond acceptors (Lipinski definition) is 4. The second-order valence-corrected chi connectivity index (χ2v) is 2.95. The number of rotatable bonds is 4. The van der Waals surface area contributed by atoms with Gasteiger partial charge in [0.15, 0.2) is 12.4 Å². The van der Waals surface area contributed by atoms with Gasteiger partial charge in [0.05, 0.1) is 0 Å². The second kappa shape index (κ2) is 4.45. The molecule has 0 spiro atoms. The normalized spacial score (nSPS) is 9.67. The predicted octanol–water partition coefficient (Wildman–Crippen LogP) is 1.06. The zero-order chi connectivity index (χ0) is 11.4. The van der Waals surface area contributed by atoms with Crippen LogP contribution in [0.25, 0.3) is 0 Å². The number of benzene rings is 1. The summed E-state index contributed by atoms with van der Waals surface area (Å²) in [6.07, 6.45) is 0. The Balaban J connectivity index is 2.88. The fraction of sp³-hybridized carbons (Fsp3) is 0.200. The molecule has 0 unspecified atom stereocenters. The number of phenolic OH excluding ortho intramolecular Hbond substituents is 1. The smallest absolute Gasteiger partial charge is 0.341 e. The molecule has 0 aromatic heterocycles. The van der Waals surface area contributed by atoms with E-state index in [0.29, 0.717) is 0 Å². The molecule has 0 heterocycles. The Morgan fingerprint density at radius 1 is 1.33 bits per heavy atom. The van der Waals surface area contributed by atoms with Crippen molar-refractivity contribution in [3.63, 3.8) is 0 Å². The minimum Gasteiger partial charge on any atom is -0.508 e. The van der Waals surface area contributed by atoms with E-state index in [1.807, 2.05) is 0 Å². The van der Waals surface area contributed by atoms with Crippen molar-refractivity contribution < 1.29 is 24.5 Å². The number of carbonyl (C=O) groups excluding carboxylic acids is 1. The summed E-state index contributed by atoms with van der Waals surface area (Å²) in [4.78, 5) is 21.2. The highest BCUT2D eigenvalue weighted by Gasteiger charge is 2.06. The van der Waals surface area contributed by atoms with Crippen molar-refractivity contribution in [2.45, 2.75) is 6.92 Å². The Labute approximate surface area is 85.9 Å². The van der Waals surface area contributed by atoms with Crippen molar-refractivity contribution in [3.8, 4) is 11.5 Å². The molecule has 1 aromatic carbocycles. The van der Waals surface area contributed by atoms with Crippen LogP contribution in [0, 0.1) is 0 Å². The van der Waals surface area contributed by atoms with Crippen LogP contribution in [0.4, 0.5) is 0 Å². The standard InChI is InChI=1S/C10H10O5/c1-6(11)7-2-8(12)4-9(3-7)15-5-10(13)14/h2-4,12H,5H2,1H3,(H,13,14). The summed E-state index contributed by atoms with van der Waals surface area (Å²) in [5.74, 6) is -1.33. The Bertz CT molecular complexity index is 397. The quantitative estimate of drug-likeness (QED) is 0.726. The van der Waals surface area contributed by atoms with Crippen molar-refractivity contribution in [1.29, 1.82) is 0 Å². The van der Waals surface area contributed by atoms with Crippen molar-refractivity contribution >= 4 is 11.8 Å². The van der Waals surface area contributed by atoms with E-state index in [4.69, 9.17) is 9.84 Å². The summed E-state index contributed by atoms with van der Waals surface area (Å²) < 4.78 is 4.83. The number of phenols is 1. The third kappa shape index (κ3) is 3.30. The van der Waals surface area contributed by atoms with Crippen LogP contribution in [0.3, 0.4) is 0 Å². The lowest BCUT2D eigenvalue weighted by Gasteiger charge is -2.05. The van der Waals surface area contributed by atoms with Gasteiger partial charge in [-0.1, -0.05) is 0 Å². The lowest BCUT2D eigenvalue weighted by Crippen LogP contribution is -2.09. The third-order valence-electron chi connectivity index (χ3n) is 1.66. The molecule has 0 amide bonds. The number of Topliss-reactive ketones (excluding diaryl/α,β-unsaturated/α-hetero) is 1. The SMILES string of the molecule is CC(=O)c1cc(O)cc(OCC(=O)O)c1. The van der Waals surface area contributed by atoms with Gasteiger partial charge in [-0.25, -0.2) is 4.79 Å². The number of carboxylic acid groups (broad SMARTS) is 1. The van der Waals surface area contributed by atoms with E-state index >= 15 is 0 Å². The van der Waals surface area contributed by atoms with E-state index in [1.54, 1.807) is 0 Å². The molecule has 0 bridgehead atoms. The Morgan fingerprint density at radius 2 is 2.00 bits per heavy atom. The molecule has 0 fully saturated rings. The largest absolute Gasteiger partial charge is 0.508 e. The van der Waals surface area contributed by atoms with Gasteiger partial charge < -0.3 is 14.9 Å². The van der Waals surface area contributed by atoms with Crippen molar-refractivity contribution in [1.82, 2.24) is 0 Å². The van der Waals surface area contributed by atoms with E-state index < -0.39 is 12.6 Å². The second-order valence-electron chi connectivity index (χ2n) is 2.95. The molecule has 80 valence electrons. The Kier molecular flexibility index (Phi) is 3.28. The number of ketones is 1. The molecule has 5 nitrogen and oxygen atoms in total. The van der Waals surface area contributed by atoms with Crippen LogP contribution < -0.4 is 4.74 Å². The Hall–Kier alpha value is -2.04. The number of aromatic hydroxyl groups is 1. The summed E-state index contributed by atoms with van der Waals surface area (Å²) in [6, 6.07) is 3.91. The number of carbonyl (C=O) groups is 2. The molecule has 1 aromatic rings. The van der Waals surface area contributed by atoms with Crippen LogP contribution in [0.1, 0.15) is 17.3 Å². The highest BCUT2D eigenvalue weighted by Crippen LogP contribution is 2.21. The summed E-state index contributed by atoms with van der Waals surface area (Å²) >= 11 is 0. The molecule has 0 radical (unpaired) electrons. The number of carboxylic acids is 1.